The fourth-order valence-electron chi connectivity index (χ4n) is 7.12. The lowest BCUT2D eigenvalue weighted by atomic mass is 9.49. The van der Waals surface area contributed by atoms with Crippen LogP contribution in [0, 0.1) is 35.0 Å². The molecule has 0 aromatic rings. The van der Waals surface area contributed by atoms with Gasteiger partial charge in [0.25, 0.3) is 0 Å². The number of carbonyl (C=O) groups excluding carboxylic acids is 2. The van der Waals surface area contributed by atoms with Crippen LogP contribution < -0.4 is 0 Å². The Hall–Kier alpha value is -0.580. The van der Waals surface area contributed by atoms with Crippen molar-refractivity contribution in [2.75, 3.05) is 6.61 Å². The summed E-state index contributed by atoms with van der Waals surface area (Å²) in [6.45, 7) is 6.39. The molecule has 0 aromatic carbocycles. The summed E-state index contributed by atoms with van der Waals surface area (Å²) in [4.78, 5) is 25.5. The fourth-order valence-corrected chi connectivity index (χ4v) is 8.57. The first-order valence-corrected chi connectivity index (χ1v) is 12.0. The molecule has 0 amide bonds. The van der Waals surface area contributed by atoms with Gasteiger partial charge in [-0.3, -0.25) is 4.79 Å². The highest BCUT2D eigenvalue weighted by Gasteiger charge is 2.60. The van der Waals surface area contributed by atoms with Crippen molar-refractivity contribution < 1.29 is 19.1 Å². The Bertz CT molecular complexity index is 616. The predicted molar refractivity (Wildman–Crippen MR) is 111 cm³/mol. The number of alkyl halides is 1. The van der Waals surface area contributed by atoms with Gasteiger partial charge in [0, 0.05) is 4.32 Å². The van der Waals surface area contributed by atoms with Gasteiger partial charge in [-0.1, -0.05) is 43.1 Å². The Labute approximate surface area is 177 Å². The third-order valence-electron chi connectivity index (χ3n) is 7.99. The van der Waals surface area contributed by atoms with E-state index in [4.69, 9.17) is 9.47 Å². The second-order valence-electron chi connectivity index (χ2n) is 10.8. The average molecular weight is 455 g/mol. The first kappa shape index (κ1) is 20.7. The van der Waals surface area contributed by atoms with Gasteiger partial charge < -0.3 is 9.47 Å². The Morgan fingerprint density at radius 3 is 2.36 bits per heavy atom. The number of halogens is 1. The topological polar surface area (TPSA) is 52.6 Å². The van der Waals surface area contributed by atoms with E-state index < -0.39 is 0 Å². The minimum absolute atomic E-state index is 0.0414. The minimum atomic E-state index is -0.381. The minimum Gasteiger partial charge on any atom is -0.460 e. The van der Waals surface area contributed by atoms with Crippen molar-refractivity contribution in [3.8, 4) is 0 Å². The Balaban J connectivity index is 1.33. The van der Waals surface area contributed by atoms with Gasteiger partial charge in [-0.05, 0) is 81.0 Å². The molecule has 0 aromatic heterocycles. The molecule has 5 aliphatic carbocycles. The third kappa shape index (κ3) is 4.02. The molecule has 5 heteroatoms. The standard InChI is InChI=1S/C23H35BrO4/c1-14(2)18-5-4-15(3)6-19(18)28-20(25)12-27-21(26)22-8-16-7-17(9-22)11-23(24,10-16)13-22/h14-19H,4-13H2,1-3H3. The molecule has 28 heavy (non-hydrogen) atoms. The molecule has 4 bridgehead atoms. The Kier molecular flexibility index (Phi) is 5.61. The molecule has 4 nitrogen and oxygen atoms in total. The van der Waals surface area contributed by atoms with E-state index in [0.717, 1.165) is 32.1 Å². The van der Waals surface area contributed by atoms with Crippen LogP contribution in [0.3, 0.4) is 0 Å². The van der Waals surface area contributed by atoms with Crippen LogP contribution in [0.1, 0.15) is 78.6 Å². The molecule has 5 fully saturated rings. The van der Waals surface area contributed by atoms with E-state index in [1.165, 1.54) is 25.7 Å². The molecule has 0 N–H and O–H groups in total. The maximum absolute atomic E-state index is 13.0. The molecule has 0 radical (unpaired) electrons. The normalized spacial score (nSPS) is 44.5. The second kappa shape index (κ2) is 7.59. The number of hydrogen-bond donors (Lipinski definition) is 0. The largest absolute Gasteiger partial charge is 0.460 e. The summed E-state index contributed by atoms with van der Waals surface area (Å²) in [5.74, 6) is 2.18. The highest BCUT2D eigenvalue weighted by atomic mass is 79.9. The molecular formula is C23H35BrO4. The maximum atomic E-state index is 13.0. The van der Waals surface area contributed by atoms with Crippen LogP contribution in [-0.2, 0) is 19.1 Å². The van der Waals surface area contributed by atoms with Gasteiger partial charge in [0.05, 0.1) is 5.41 Å². The number of esters is 2. The van der Waals surface area contributed by atoms with Gasteiger partial charge in [-0.2, -0.15) is 0 Å². The summed E-state index contributed by atoms with van der Waals surface area (Å²) in [6.07, 6.45) is 9.51. The molecule has 0 heterocycles. The Morgan fingerprint density at radius 2 is 1.75 bits per heavy atom. The predicted octanol–water partition coefficient (Wildman–Crippen LogP) is 5.27. The molecule has 5 saturated carbocycles. The van der Waals surface area contributed by atoms with Crippen molar-refractivity contribution in [1.29, 1.82) is 0 Å². The first-order chi connectivity index (χ1) is 13.2. The molecule has 5 aliphatic rings. The third-order valence-corrected chi connectivity index (χ3v) is 8.92. The average Bonchev–Trinajstić information content (AvgIpc) is 2.57. The smallest absolute Gasteiger partial charge is 0.344 e. The van der Waals surface area contributed by atoms with Gasteiger partial charge in [0.15, 0.2) is 6.61 Å². The number of hydrogen-bond acceptors (Lipinski definition) is 4. The van der Waals surface area contributed by atoms with Crippen LogP contribution in [-0.4, -0.2) is 29.0 Å². The van der Waals surface area contributed by atoms with E-state index in [2.05, 4.69) is 36.7 Å². The molecule has 0 spiro atoms. The summed E-state index contributed by atoms with van der Waals surface area (Å²) in [6, 6.07) is 0. The van der Waals surface area contributed by atoms with E-state index in [9.17, 15) is 9.59 Å². The van der Waals surface area contributed by atoms with E-state index >= 15 is 0 Å². The summed E-state index contributed by atoms with van der Waals surface area (Å²) in [7, 11) is 0. The van der Waals surface area contributed by atoms with Crippen molar-refractivity contribution in [2.24, 2.45) is 35.0 Å². The van der Waals surface area contributed by atoms with Gasteiger partial charge in [0.1, 0.15) is 6.10 Å². The molecule has 5 unspecified atom stereocenters. The highest BCUT2D eigenvalue weighted by Crippen LogP contribution is 2.64. The molecule has 158 valence electrons. The highest BCUT2D eigenvalue weighted by molar-refractivity contribution is 9.10. The maximum Gasteiger partial charge on any atom is 0.344 e. The van der Waals surface area contributed by atoms with Crippen LogP contribution in [0.5, 0.6) is 0 Å². The SMILES string of the molecule is CC1CCC(C(C)C)C(OC(=O)COC(=O)C23CC4CC(CC(Br)(C4)C2)C3)C1. The van der Waals surface area contributed by atoms with Crippen LogP contribution >= 0.6 is 15.9 Å². The monoisotopic (exact) mass is 454 g/mol. The lowest BCUT2D eigenvalue weighted by Gasteiger charge is -2.58. The van der Waals surface area contributed by atoms with Gasteiger partial charge in [-0.25, -0.2) is 4.79 Å². The van der Waals surface area contributed by atoms with Crippen molar-refractivity contribution in [3.05, 3.63) is 0 Å². The molecular weight excluding hydrogens is 420 g/mol. The van der Waals surface area contributed by atoms with Crippen LogP contribution in [0.15, 0.2) is 0 Å². The van der Waals surface area contributed by atoms with E-state index in [1.807, 2.05) is 0 Å². The molecule has 0 saturated heterocycles. The zero-order valence-corrected chi connectivity index (χ0v) is 19.1. The Morgan fingerprint density at radius 1 is 1.07 bits per heavy atom. The first-order valence-electron chi connectivity index (χ1n) is 11.2. The van der Waals surface area contributed by atoms with Crippen molar-refractivity contribution in [3.63, 3.8) is 0 Å². The van der Waals surface area contributed by atoms with Gasteiger partial charge >= 0.3 is 11.9 Å². The van der Waals surface area contributed by atoms with Crippen LogP contribution in [0.2, 0.25) is 0 Å². The number of carbonyl (C=O) groups is 2. The van der Waals surface area contributed by atoms with Gasteiger partial charge in [-0.15, -0.1) is 0 Å². The summed E-state index contributed by atoms with van der Waals surface area (Å²) >= 11 is 3.93. The molecule has 0 aliphatic heterocycles. The zero-order valence-electron chi connectivity index (χ0n) is 17.5. The number of ether oxygens (including phenoxy) is 2. The lowest BCUT2D eigenvalue weighted by Crippen LogP contribution is -2.56. The quantitative estimate of drug-likeness (QED) is 0.419. The summed E-state index contributed by atoms with van der Waals surface area (Å²) in [5.41, 5.74) is -0.381. The van der Waals surface area contributed by atoms with E-state index in [0.29, 0.717) is 29.6 Å². The second-order valence-corrected chi connectivity index (χ2v) is 12.5. The van der Waals surface area contributed by atoms with Crippen LogP contribution in [0.4, 0.5) is 0 Å². The summed E-state index contributed by atoms with van der Waals surface area (Å²) in [5, 5.41) is 0. The lowest BCUT2D eigenvalue weighted by molar-refractivity contribution is -0.179. The molecule has 5 atom stereocenters. The van der Waals surface area contributed by atoms with Crippen molar-refractivity contribution in [2.45, 2.75) is 89.0 Å². The molecule has 5 rings (SSSR count). The van der Waals surface area contributed by atoms with E-state index in [-0.39, 0.29) is 34.4 Å². The van der Waals surface area contributed by atoms with Crippen molar-refractivity contribution >= 4 is 27.9 Å². The van der Waals surface area contributed by atoms with Crippen molar-refractivity contribution in [1.82, 2.24) is 0 Å². The van der Waals surface area contributed by atoms with E-state index in [1.54, 1.807) is 0 Å². The zero-order chi connectivity index (χ0) is 20.1. The van der Waals surface area contributed by atoms with Crippen LogP contribution in [0.25, 0.3) is 0 Å². The fraction of sp³-hybridized carbons (Fsp3) is 0.913. The van der Waals surface area contributed by atoms with Gasteiger partial charge in [0.2, 0.25) is 0 Å². The number of rotatable bonds is 5. The summed E-state index contributed by atoms with van der Waals surface area (Å²) < 4.78 is 11.5.